The molecule has 3 aromatic rings. The van der Waals surface area contributed by atoms with Crippen LogP contribution in [0.5, 0.6) is 0 Å². The average molecular weight is 368 g/mol. The molecule has 7 nitrogen and oxygen atoms in total. The van der Waals surface area contributed by atoms with E-state index < -0.39 is 5.60 Å². The summed E-state index contributed by atoms with van der Waals surface area (Å²) in [6.45, 7) is 1.69. The van der Waals surface area contributed by atoms with Gasteiger partial charge in [-0.1, -0.05) is 0 Å². The first-order valence-corrected chi connectivity index (χ1v) is 8.97. The van der Waals surface area contributed by atoms with Crippen LogP contribution in [0.25, 0.3) is 22.2 Å². The Bertz CT molecular complexity index is 948. The van der Waals surface area contributed by atoms with Crippen molar-refractivity contribution in [3.05, 3.63) is 41.9 Å². The van der Waals surface area contributed by atoms with Gasteiger partial charge in [0.05, 0.1) is 36.3 Å². The van der Waals surface area contributed by atoms with Gasteiger partial charge in [-0.2, -0.15) is 0 Å². The van der Waals surface area contributed by atoms with Crippen molar-refractivity contribution >= 4 is 16.7 Å². The van der Waals surface area contributed by atoms with Gasteiger partial charge in [0.1, 0.15) is 11.4 Å². The number of fused-ring (bicyclic) bond motifs is 1. The molecule has 2 N–H and O–H groups in total. The van der Waals surface area contributed by atoms with Gasteiger partial charge in [0.15, 0.2) is 0 Å². The fraction of sp³-hybridized carbons (Fsp3) is 0.400. The first kappa shape index (κ1) is 17.9. The van der Waals surface area contributed by atoms with Crippen molar-refractivity contribution in [2.75, 3.05) is 39.8 Å². The number of aromatic amines is 1. The molecule has 7 heteroatoms. The van der Waals surface area contributed by atoms with E-state index in [-0.39, 0.29) is 0 Å². The molecule has 1 aliphatic rings. The Morgan fingerprint density at radius 3 is 2.89 bits per heavy atom. The molecule has 0 spiro atoms. The zero-order valence-electron chi connectivity index (χ0n) is 15.8. The molecule has 1 unspecified atom stereocenters. The lowest BCUT2D eigenvalue weighted by Gasteiger charge is -2.26. The molecule has 27 heavy (non-hydrogen) atoms. The van der Waals surface area contributed by atoms with Gasteiger partial charge in [-0.25, -0.2) is 9.97 Å². The van der Waals surface area contributed by atoms with Crippen molar-refractivity contribution in [2.24, 2.45) is 0 Å². The summed E-state index contributed by atoms with van der Waals surface area (Å²) < 4.78 is 16.9. The summed E-state index contributed by atoms with van der Waals surface area (Å²) in [5.41, 5.74) is 4.29. The van der Waals surface area contributed by atoms with Crippen LogP contribution in [0.2, 0.25) is 0 Å². The fourth-order valence-corrected chi connectivity index (χ4v) is 3.59. The molecular weight excluding hydrogens is 344 g/mol. The molecule has 4 rings (SSSR count). The summed E-state index contributed by atoms with van der Waals surface area (Å²) in [5.74, 6) is 0.814. The maximum absolute atomic E-state index is 5.86. The van der Waals surface area contributed by atoms with E-state index in [2.05, 4.69) is 27.4 Å². The Morgan fingerprint density at radius 1 is 1.30 bits per heavy atom. The molecule has 0 saturated carbocycles. The molecular formula is C20H24N4O3. The van der Waals surface area contributed by atoms with Crippen LogP contribution in [0.1, 0.15) is 17.7 Å². The maximum atomic E-state index is 5.86. The molecule has 0 aliphatic carbocycles. The highest BCUT2D eigenvalue weighted by Gasteiger charge is 2.38. The van der Waals surface area contributed by atoms with Crippen LogP contribution in [0.15, 0.2) is 30.6 Å². The van der Waals surface area contributed by atoms with E-state index in [1.54, 1.807) is 14.2 Å². The van der Waals surface area contributed by atoms with E-state index in [0.29, 0.717) is 19.8 Å². The molecule has 0 aromatic carbocycles. The van der Waals surface area contributed by atoms with Crippen molar-refractivity contribution in [2.45, 2.75) is 18.6 Å². The number of rotatable bonds is 6. The Morgan fingerprint density at radius 2 is 2.19 bits per heavy atom. The van der Waals surface area contributed by atoms with Crippen molar-refractivity contribution in [1.82, 2.24) is 15.0 Å². The van der Waals surface area contributed by atoms with Crippen LogP contribution < -0.4 is 5.32 Å². The second-order valence-corrected chi connectivity index (χ2v) is 6.75. The van der Waals surface area contributed by atoms with E-state index in [1.807, 2.05) is 25.5 Å². The summed E-state index contributed by atoms with van der Waals surface area (Å²) in [7, 11) is 5.27. The Labute approximate surface area is 158 Å². The average Bonchev–Trinajstić information content (AvgIpc) is 3.35. The highest BCUT2D eigenvalue weighted by Crippen LogP contribution is 2.36. The molecule has 0 amide bonds. The predicted octanol–water partition coefficient (Wildman–Crippen LogP) is 3.08. The number of hydrogen-bond acceptors (Lipinski definition) is 6. The lowest BCUT2D eigenvalue weighted by atomic mass is 9.95. The number of aromatic nitrogens is 3. The predicted molar refractivity (Wildman–Crippen MR) is 104 cm³/mol. The minimum Gasteiger partial charge on any atom is -0.380 e. The van der Waals surface area contributed by atoms with Gasteiger partial charge in [0.2, 0.25) is 0 Å². The topological polar surface area (TPSA) is 81.3 Å². The van der Waals surface area contributed by atoms with Gasteiger partial charge in [-0.15, -0.1) is 0 Å². The molecule has 1 saturated heterocycles. The van der Waals surface area contributed by atoms with Gasteiger partial charge in [0, 0.05) is 51.4 Å². The molecule has 0 radical (unpaired) electrons. The number of methoxy groups -OCH3 is 2. The minimum absolute atomic E-state index is 0.508. The zero-order valence-corrected chi connectivity index (χ0v) is 15.8. The molecule has 1 aliphatic heterocycles. The van der Waals surface area contributed by atoms with Crippen molar-refractivity contribution in [1.29, 1.82) is 0 Å². The normalized spacial score (nSPS) is 19.7. The van der Waals surface area contributed by atoms with Crippen LogP contribution in [0.4, 0.5) is 5.82 Å². The molecule has 0 bridgehead atoms. The minimum atomic E-state index is -0.512. The Hall–Kier alpha value is -2.48. The number of ether oxygens (including phenoxy) is 3. The van der Waals surface area contributed by atoms with Crippen molar-refractivity contribution in [3.63, 3.8) is 0 Å². The van der Waals surface area contributed by atoms with Crippen LogP contribution >= 0.6 is 0 Å². The van der Waals surface area contributed by atoms with Crippen LogP contribution in [0.3, 0.4) is 0 Å². The lowest BCUT2D eigenvalue weighted by Crippen LogP contribution is -2.30. The van der Waals surface area contributed by atoms with Crippen molar-refractivity contribution < 1.29 is 14.2 Å². The molecule has 1 fully saturated rings. The molecule has 1 atom stereocenters. The lowest BCUT2D eigenvalue weighted by molar-refractivity contribution is -0.0246. The summed E-state index contributed by atoms with van der Waals surface area (Å²) in [6.07, 6.45) is 4.58. The fourth-order valence-electron chi connectivity index (χ4n) is 3.59. The van der Waals surface area contributed by atoms with Gasteiger partial charge < -0.3 is 24.5 Å². The summed E-state index contributed by atoms with van der Waals surface area (Å²) in [6, 6.07) is 6.14. The second kappa shape index (κ2) is 7.26. The summed E-state index contributed by atoms with van der Waals surface area (Å²) in [4.78, 5) is 12.6. The maximum Gasteiger partial charge on any atom is 0.135 e. The standard InChI is InChI=1S/C20H24N4O3/c1-21-19-8-14-15(9-22-17(14)10-23-19)16-6-13(11-25-2)7-18(24-16)20(26-3)4-5-27-12-20/h6-10,22H,4-5,11-12H2,1-3H3,(H,21,23). The monoisotopic (exact) mass is 368 g/mol. The quantitative estimate of drug-likeness (QED) is 0.696. The molecule has 4 heterocycles. The van der Waals surface area contributed by atoms with E-state index >= 15 is 0 Å². The summed E-state index contributed by atoms with van der Waals surface area (Å²) >= 11 is 0. The zero-order chi connectivity index (χ0) is 18.9. The van der Waals surface area contributed by atoms with Crippen LogP contribution in [0, 0.1) is 0 Å². The first-order chi connectivity index (χ1) is 13.2. The van der Waals surface area contributed by atoms with Gasteiger partial charge in [0.25, 0.3) is 0 Å². The molecule has 142 valence electrons. The number of anilines is 1. The first-order valence-electron chi connectivity index (χ1n) is 8.97. The molecule has 3 aromatic heterocycles. The number of hydrogen-bond donors (Lipinski definition) is 2. The third-order valence-corrected chi connectivity index (χ3v) is 5.14. The van der Waals surface area contributed by atoms with Crippen LogP contribution in [-0.4, -0.2) is 49.4 Å². The SMILES string of the molecule is CNc1cc2c(-c3cc(COC)cc(C4(OC)CCOC4)n3)c[nH]c2cn1. The number of nitrogens with zero attached hydrogens (tertiary/aromatic N) is 2. The van der Waals surface area contributed by atoms with Gasteiger partial charge in [-0.3, -0.25) is 0 Å². The van der Waals surface area contributed by atoms with E-state index in [0.717, 1.165) is 45.7 Å². The Balaban J connectivity index is 1.87. The number of H-pyrrole nitrogens is 1. The highest BCUT2D eigenvalue weighted by atomic mass is 16.5. The second-order valence-electron chi connectivity index (χ2n) is 6.75. The van der Waals surface area contributed by atoms with E-state index in [4.69, 9.17) is 19.2 Å². The number of pyridine rings is 2. The third-order valence-electron chi connectivity index (χ3n) is 5.14. The smallest absolute Gasteiger partial charge is 0.135 e. The van der Waals surface area contributed by atoms with Crippen LogP contribution in [-0.2, 0) is 26.4 Å². The van der Waals surface area contributed by atoms with E-state index in [9.17, 15) is 0 Å². The Kier molecular flexibility index (Phi) is 4.82. The summed E-state index contributed by atoms with van der Waals surface area (Å²) in [5, 5.41) is 4.15. The number of nitrogens with one attached hydrogen (secondary N) is 2. The highest BCUT2D eigenvalue weighted by molar-refractivity contribution is 5.95. The van der Waals surface area contributed by atoms with E-state index in [1.165, 1.54) is 0 Å². The van der Waals surface area contributed by atoms with Gasteiger partial charge >= 0.3 is 0 Å². The largest absolute Gasteiger partial charge is 0.380 e. The van der Waals surface area contributed by atoms with Crippen molar-refractivity contribution in [3.8, 4) is 11.3 Å². The van der Waals surface area contributed by atoms with Gasteiger partial charge in [-0.05, 0) is 23.8 Å². The third kappa shape index (κ3) is 3.18.